The first kappa shape index (κ1) is 13.9. The van der Waals surface area contributed by atoms with Crippen LogP contribution >= 0.6 is 11.8 Å². The number of hydrogen-bond donors (Lipinski definition) is 1. The number of rotatable bonds is 6. The van der Waals surface area contributed by atoms with Crippen LogP contribution in [0.15, 0.2) is 29.6 Å². The molecule has 2 aromatic rings. The Labute approximate surface area is 124 Å². The molecule has 1 aliphatic rings. The van der Waals surface area contributed by atoms with Gasteiger partial charge in [-0.2, -0.15) is 0 Å². The second-order valence-electron chi connectivity index (χ2n) is 5.40. The molecule has 2 heterocycles. The highest BCUT2D eigenvalue weighted by Crippen LogP contribution is 2.19. The lowest BCUT2D eigenvalue weighted by Gasteiger charge is -2.22. The molecule has 0 amide bonds. The van der Waals surface area contributed by atoms with Gasteiger partial charge in [-0.1, -0.05) is 37.1 Å². The van der Waals surface area contributed by atoms with E-state index in [-0.39, 0.29) is 0 Å². The summed E-state index contributed by atoms with van der Waals surface area (Å²) in [6.45, 7) is 1.12. The van der Waals surface area contributed by atoms with Gasteiger partial charge in [0.1, 0.15) is 0 Å². The van der Waals surface area contributed by atoms with E-state index in [4.69, 9.17) is 0 Å². The van der Waals surface area contributed by atoms with Gasteiger partial charge < -0.3 is 5.32 Å². The van der Waals surface area contributed by atoms with E-state index in [2.05, 4.69) is 19.9 Å². The smallest absolute Gasteiger partial charge is 0.195 e. The zero-order valence-corrected chi connectivity index (χ0v) is 12.6. The molecule has 1 aliphatic carbocycles. The molecular formula is C15H22N4S. The molecule has 0 spiro atoms. The fourth-order valence-corrected chi connectivity index (χ4v) is 3.63. The van der Waals surface area contributed by atoms with E-state index in [0.29, 0.717) is 0 Å². The normalized spacial score (nSPS) is 16.8. The molecule has 20 heavy (non-hydrogen) atoms. The van der Waals surface area contributed by atoms with Crippen molar-refractivity contribution >= 4 is 17.4 Å². The summed E-state index contributed by atoms with van der Waals surface area (Å²) in [5.74, 6) is 1.09. The summed E-state index contributed by atoms with van der Waals surface area (Å²) in [5, 5.41) is 13.1. The lowest BCUT2D eigenvalue weighted by molar-refractivity contribution is 0.375. The van der Waals surface area contributed by atoms with Gasteiger partial charge in [0.2, 0.25) is 0 Å². The molecule has 1 N–H and O–H groups in total. The van der Waals surface area contributed by atoms with Crippen LogP contribution in [0.1, 0.15) is 38.5 Å². The molecule has 0 aromatic carbocycles. The van der Waals surface area contributed by atoms with Crippen LogP contribution in [0.5, 0.6) is 0 Å². The van der Waals surface area contributed by atoms with Crippen molar-refractivity contribution in [2.24, 2.45) is 0 Å². The topological polar surface area (TPSA) is 42.2 Å². The van der Waals surface area contributed by atoms with Crippen molar-refractivity contribution in [3.63, 3.8) is 0 Å². The van der Waals surface area contributed by atoms with Gasteiger partial charge in [-0.05, 0) is 37.9 Å². The summed E-state index contributed by atoms with van der Waals surface area (Å²) >= 11 is 1.79. The number of nitrogens with zero attached hydrogens (tertiary/aromatic N) is 3. The lowest BCUT2D eigenvalue weighted by Crippen LogP contribution is -2.31. The highest BCUT2D eigenvalue weighted by Gasteiger charge is 2.11. The van der Waals surface area contributed by atoms with Crippen LogP contribution in [0.25, 0.3) is 5.65 Å². The average Bonchev–Trinajstić information content (AvgIpc) is 2.91. The molecule has 0 atom stereocenters. The minimum atomic E-state index is 0.766. The zero-order valence-electron chi connectivity index (χ0n) is 11.8. The molecule has 0 saturated heterocycles. The molecule has 3 rings (SSSR count). The summed E-state index contributed by atoms with van der Waals surface area (Å²) in [6.07, 6.45) is 10.2. The van der Waals surface area contributed by atoms with Gasteiger partial charge in [0, 0.05) is 18.0 Å². The van der Waals surface area contributed by atoms with E-state index in [1.54, 1.807) is 11.8 Å². The van der Waals surface area contributed by atoms with Crippen molar-refractivity contribution in [1.29, 1.82) is 0 Å². The molecule has 5 heteroatoms. The SMILES string of the molecule is c1ccn2c(SCCCNC3CCCCC3)nnc2c1. The quantitative estimate of drug-likeness (QED) is 0.655. The maximum Gasteiger partial charge on any atom is 0.195 e. The third-order valence-electron chi connectivity index (χ3n) is 3.87. The number of fused-ring (bicyclic) bond motifs is 1. The van der Waals surface area contributed by atoms with Gasteiger partial charge in [0.25, 0.3) is 0 Å². The Hall–Kier alpha value is -1.07. The largest absolute Gasteiger partial charge is 0.314 e. The molecule has 1 saturated carbocycles. The van der Waals surface area contributed by atoms with Gasteiger partial charge in [-0.3, -0.25) is 4.40 Å². The minimum absolute atomic E-state index is 0.766. The Morgan fingerprint density at radius 2 is 2.10 bits per heavy atom. The summed E-state index contributed by atoms with van der Waals surface area (Å²) in [4.78, 5) is 0. The molecular weight excluding hydrogens is 268 g/mol. The van der Waals surface area contributed by atoms with Gasteiger partial charge >= 0.3 is 0 Å². The van der Waals surface area contributed by atoms with Crippen LogP contribution in [0.2, 0.25) is 0 Å². The van der Waals surface area contributed by atoms with Gasteiger partial charge in [-0.25, -0.2) is 0 Å². The van der Waals surface area contributed by atoms with Crippen molar-refractivity contribution < 1.29 is 0 Å². The Morgan fingerprint density at radius 1 is 1.20 bits per heavy atom. The van der Waals surface area contributed by atoms with Crippen LogP contribution in [0, 0.1) is 0 Å². The highest BCUT2D eigenvalue weighted by atomic mass is 32.2. The van der Waals surface area contributed by atoms with E-state index in [0.717, 1.165) is 29.1 Å². The van der Waals surface area contributed by atoms with Crippen LogP contribution in [-0.4, -0.2) is 32.9 Å². The van der Waals surface area contributed by atoms with Crippen LogP contribution < -0.4 is 5.32 Å². The number of thioether (sulfide) groups is 1. The molecule has 0 aliphatic heterocycles. The van der Waals surface area contributed by atoms with Crippen LogP contribution in [0.3, 0.4) is 0 Å². The minimum Gasteiger partial charge on any atom is -0.314 e. The molecule has 0 radical (unpaired) electrons. The van der Waals surface area contributed by atoms with Crippen molar-refractivity contribution in [2.75, 3.05) is 12.3 Å². The van der Waals surface area contributed by atoms with E-state index >= 15 is 0 Å². The summed E-state index contributed by atoms with van der Waals surface area (Å²) < 4.78 is 2.05. The summed E-state index contributed by atoms with van der Waals surface area (Å²) in [5.41, 5.74) is 0.926. The van der Waals surface area contributed by atoms with E-state index in [9.17, 15) is 0 Å². The third-order valence-corrected chi connectivity index (χ3v) is 4.90. The summed E-state index contributed by atoms with van der Waals surface area (Å²) in [6, 6.07) is 6.77. The fourth-order valence-electron chi connectivity index (χ4n) is 2.77. The first-order chi connectivity index (χ1) is 9.93. The maximum atomic E-state index is 4.24. The average molecular weight is 290 g/mol. The van der Waals surface area contributed by atoms with Crippen molar-refractivity contribution in [2.45, 2.75) is 49.7 Å². The van der Waals surface area contributed by atoms with Crippen LogP contribution in [0.4, 0.5) is 0 Å². The Bertz CT molecular complexity index is 533. The maximum absolute atomic E-state index is 4.24. The highest BCUT2D eigenvalue weighted by molar-refractivity contribution is 7.99. The Balaban J connectivity index is 1.39. The molecule has 0 bridgehead atoms. The lowest BCUT2D eigenvalue weighted by atomic mass is 9.95. The van der Waals surface area contributed by atoms with E-state index < -0.39 is 0 Å². The van der Waals surface area contributed by atoms with Gasteiger partial charge in [0.15, 0.2) is 10.8 Å². The predicted octanol–water partition coefficient (Wildman–Crippen LogP) is 3.13. The number of pyridine rings is 1. The second-order valence-corrected chi connectivity index (χ2v) is 6.46. The number of hydrogen-bond acceptors (Lipinski definition) is 4. The second kappa shape index (κ2) is 7.09. The van der Waals surface area contributed by atoms with Crippen molar-refractivity contribution in [3.8, 4) is 0 Å². The Morgan fingerprint density at radius 3 is 3.00 bits per heavy atom. The number of aromatic nitrogens is 3. The van der Waals surface area contributed by atoms with Crippen molar-refractivity contribution in [1.82, 2.24) is 19.9 Å². The summed E-state index contributed by atoms with van der Waals surface area (Å²) in [7, 11) is 0. The first-order valence-corrected chi connectivity index (χ1v) is 8.58. The first-order valence-electron chi connectivity index (χ1n) is 7.59. The Kier molecular flexibility index (Phi) is 4.92. The van der Waals surface area contributed by atoms with Gasteiger partial charge in [0.05, 0.1) is 0 Å². The van der Waals surface area contributed by atoms with Gasteiger partial charge in [-0.15, -0.1) is 10.2 Å². The monoisotopic (exact) mass is 290 g/mol. The van der Waals surface area contributed by atoms with E-state index in [1.165, 1.54) is 38.5 Å². The standard InChI is InChI=1S/C15H22N4S/c1-2-7-13(8-3-1)16-10-6-12-20-15-18-17-14-9-4-5-11-19(14)15/h4-5,9,11,13,16H,1-3,6-8,10,12H2. The molecule has 4 nitrogen and oxygen atoms in total. The zero-order chi connectivity index (χ0) is 13.6. The fraction of sp³-hybridized carbons (Fsp3) is 0.600. The molecule has 2 aromatic heterocycles. The molecule has 108 valence electrons. The molecule has 0 unspecified atom stereocenters. The number of nitrogens with one attached hydrogen (secondary N) is 1. The van der Waals surface area contributed by atoms with Crippen LogP contribution in [-0.2, 0) is 0 Å². The van der Waals surface area contributed by atoms with E-state index in [1.807, 2.05) is 24.4 Å². The predicted molar refractivity (Wildman–Crippen MR) is 83.2 cm³/mol. The third kappa shape index (κ3) is 3.52. The molecule has 1 fully saturated rings. The van der Waals surface area contributed by atoms with Crippen molar-refractivity contribution in [3.05, 3.63) is 24.4 Å².